The fraction of sp³-hybridized carbons (Fsp3) is 0.949. The Labute approximate surface area is 594 Å². The van der Waals surface area contributed by atoms with Crippen LogP contribution in [0.1, 0.15) is 396 Å². The molecule has 0 aromatic heterocycles. The van der Waals surface area contributed by atoms with Gasteiger partial charge in [0.1, 0.15) is 19.3 Å². The highest BCUT2D eigenvalue weighted by Gasteiger charge is 2.30. The lowest BCUT2D eigenvalue weighted by Crippen LogP contribution is -2.30. The Hall–Kier alpha value is -1.94. The number of carbonyl (C=O) groups excluding carboxylic acids is 4. The summed E-state index contributed by atoms with van der Waals surface area (Å²) in [6.07, 6.45) is 52.5. The number of ether oxygens (including phenoxy) is 4. The quantitative estimate of drug-likeness (QED) is 0.0222. The largest absolute Gasteiger partial charge is 0.472 e. The normalized spacial score (nSPS) is 14.4. The van der Waals surface area contributed by atoms with Crippen LogP contribution in [-0.4, -0.2) is 96.7 Å². The zero-order valence-corrected chi connectivity index (χ0v) is 65.5. The molecule has 0 aliphatic carbocycles. The van der Waals surface area contributed by atoms with Crippen LogP contribution in [0.4, 0.5) is 0 Å². The van der Waals surface area contributed by atoms with Gasteiger partial charge in [0.2, 0.25) is 0 Å². The number of hydrogen-bond acceptors (Lipinski definition) is 15. The summed E-state index contributed by atoms with van der Waals surface area (Å²) in [5.41, 5.74) is 0. The van der Waals surface area contributed by atoms with E-state index in [1.165, 1.54) is 199 Å². The minimum absolute atomic E-state index is 0.106. The van der Waals surface area contributed by atoms with E-state index in [0.717, 1.165) is 114 Å². The third kappa shape index (κ3) is 70.9. The van der Waals surface area contributed by atoms with E-state index in [1.807, 2.05) is 0 Å². The molecule has 0 bridgehead atoms. The number of aliphatic hydroxyl groups excluding tert-OH is 1. The maximum absolute atomic E-state index is 13.1. The van der Waals surface area contributed by atoms with E-state index in [0.29, 0.717) is 25.7 Å². The van der Waals surface area contributed by atoms with Crippen LogP contribution in [0.15, 0.2) is 0 Å². The van der Waals surface area contributed by atoms with Gasteiger partial charge in [0.15, 0.2) is 12.2 Å². The predicted molar refractivity (Wildman–Crippen MR) is 395 cm³/mol. The molecule has 576 valence electrons. The van der Waals surface area contributed by atoms with Gasteiger partial charge in [-0.05, 0) is 49.4 Å². The van der Waals surface area contributed by atoms with Crippen LogP contribution >= 0.6 is 15.6 Å². The molecule has 19 heteroatoms. The first-order valence-corrected chi connectivity index (χ1v) is 43.2. The van der Waals surface area contributed by atoms with Crippen molar-refractivity contribution in [3.8, 4) is 0 Å². The van der Waals surface area contributed by atoms with Crippen LogP contribution in [0, 0.1) is 23.7 Å². The van der Waals surface area contributed by atoms with Gasteiger partial charge >= 0.3 is 39.5 Å². The van der Waals surface area contributed by atoms with Crippen molar-refractivity contribution < 1.29 is 80.2 Å². The average molecular weight is 1420 g/mol. The Morgan fingerprint density at radius 3 is 0.732 bits per heavy atom. The number of hydrogen-bond donors (Lipinski definition) is 3. The van der Waals surface area contributed by atoms with Gasteiger partial charge in [-0.15, -0.1) is 0 Å². The highest BCUT2D eigenvalue weighted by molar-refractivity contribution is 7.47. The molecule has 0 aromatic rings. The molecular weight excluding hydrogens is 1270 g/mol. The van der Waals surface area contributed by atoms with Crippen molar-refractivity contribution in [3.63, 3.8) is 0 Å². The number of rotatable bonds is 75. The third-order valence-electron chi connectivity index (χ3n) is 18.4. The lowest BCUT2D eigenvalue weighted by atomic mass is 9.99. The zero-order chi connectivity index (χ0) is 71.7. The molecule has 0 aliphatic heterocycles. The van der Waals surface area contributed by atoms with E-state index in [4.69, 9.17) is 37.0 Å². The minimum Gasteiger partial charge on any atom is -0.462 e. The topological polar surface area (TPSA) is 237 Å². The smallest absolute Gasteiger partial charge is 0.462 e. The molecule has 0 saturated heterocycles. The standard InChI is InChI=1S/C78H152O17P2/c1-9-71(8)57-49-41-33-25-19-21-29-37-45-53-61-78(83)95-74(65-89-76(81)59-51-43-35-27-20-18-24-32-40-48-56-70(6)7)67-93-97(86,87)91-63-72(79)62-90-96(84,85)92-66-73(94-77(82)60-52-44-36-28-17-13-11-15-23-31-39-47-55-69(4)5)64-88-75(80)58-50-42-34-26-16-12-10-14-22-30-38-46-54-68(2)3/h68-74,79H,9-67H2,1-8H3,(H,84,85)(H,86,87)/t71?,72-,73-,74-/m1/s1. The Bertz CT molecular complexity index is 1900. The van der Waals surface area contributed by atoms with Gasteiger partial charge in [-0.2, -0.15) is 0 Å². The molecule has 0 amide bonds. The van der Waals surface area contributed by atoms with Gasteiger partial charge < -0.3 is 33.8 Å². The highest BCUT2D eigenvalue weighted by Crippen LogP contribution is 2.45. The van der Waals surface area contributed by atoms with Crippen molar-refractivity contribution in [2.24, 2.45) is 23.7 Å². The van der Waals surface area contributed by atoms with E-state index in [1.54, 1.807) is 0 Å². The maximum Gasteiger partial charge on any atom is 0.472 e. The van der Waals surface area contributed by atoms with Crippen LogP contribution in [0.2, 0.25) is 0 Å². The molecule has 0 spiro atoms. The second-order valence-electron chi connectivity index (χ2n) is 29.8. The summed E-state index contributed by atoms with van der Waals surface area (Å²) >= 11 is 0. The van der Waals surface area contributed by atoms with Gasteiger partial charge in [-0.1, -0.05) is 344 Å². The van der Waals surface area contributed by atoms with E-state index in [9.17, 15) is 43.2 Å². The molecule has 0 rings (SSSR count). The number of phosphoric ester groups is 2. The first-order valence-electron chi connectivity index (χ1n) is 40.2. The summed E-state index contributed by atoms with van der Waals surface area (Å²) < 4.78 is 68.7. The number of unbranched alkanes of at least 4 members (excludes halogenated alkanes) is 40. The molecule has 0 radical (unpaired) electrons. The fourth-order valence-corrected chi connectivity index (χ4v) is 13.5. The molecule has 0 aliphatic rings. The maximum atomic E-state index is 13.1. The van der Waals surface area contributed by atoms with Gasteiger partial charge in [0.25, 0.3) is 0 Å². The minimum atomic E-state index is -4.96. The molecule has 3 N–H and O–H groups in total. The highest BCUT2D eigenvalue weighted by atomic mass is 31.2. The van der Waals surface area contributed by atoms with Crippen LogP contribution in [0.5, 0.6) is 0 Å². The van der Waals surface area contributed by atoms with E-state index in [2.05, 4.69) is 55.4 Å². The lowest BCUT2D eigenvalue weighted by Gasteiger charge is -2.21. The van der Waals surface area contributed by atoms with E-state index in [-0.39, 0.29) is 25.7 Å². The zero-order valence-electron chi connectivity index (χ0n) is 63.7. The second-order valence-corrected chi connectivity index (χ2v) is 32.7. The lowest BCUT2D eigenvalue weighted by molar-refractivity contribution is -0.161. The number of aliphatic hydroxyl groups is 1. The van der Waals surface area contributed by atoms with Crippen LogP contribution < -0.4 is 0 Å². The average Bonchev–Trinajstić information content (AvgIpc) is 1.36. The molecule has 3 unspecified atom stereocenters. The molecule has 97 heavy (non-hydrogen) atoms. The van der Waals surface area contributed by atoms with Crippen LogP contribution in [0.25, 0.3) is 0 Å². The third-order valence-corrected chi connectivity index (χ3v) is 20.3. The Morgan fingerprint density at radius 2 is 0.495 bits per heavy atom. The number of esters is 4. The van der Waals surface area contributed by atoms with Crippen LogP contribution in [-0.2, 0) is 65.4 Å². The number of carbonyl (C=O) groups is 4. The molecule has 6 atom stereocenters. The summed E-state index contributed by atoms with van der Waals surface area (Å²) in [6, 6.07) is 0. The monoisotopic (exact) mass is 1420 g/mol. The summed E-state index contributed by atoms with van der Waals surface area (Å²) in [5, 5.41) is 10.6. The van der Waals surface area contributed by atoms with Gasteiger partial charge in [-0.3, -0.25) is 37.3 Å². The first-order chi connectivity index (χ1) is 46.6. The Kier molecular flexibility index (Phi) is 65.9. The Balaban J connectivity index is 5.28. The molecule has 0 heterocycles. The summed E-state index contributed by atoms with van der Waals surface area (Å²) in [7, 11) is -9.92. The molecule has 0 fully saturated rings. The van der Waals surface area contributed by atoms with E-state index < -0.39 is 97.5 Å². The fourth-order valence-electron chi connectivity index (χ4n) is 11.9. The van der Waals surface area contributed by atoms with E-state index >= 15 is 0 Å². The van der Waals surface area contributed by atoms with Gasteiger partial charge in [0.05, 0.1) is 26.4 Å². The predicted octanol–water partition coefficient (Wildman–Crippen LogP) is 22.8. The molecule has 0 saturated carbocycles. The molecular formula is C78H152O17P2. The summed E-state index contributed by atoms with van der Waals surface area (Å²) in [4.78, 5) is 73.0. The van der Waals surface area contributed by atoms with Crippen molar-refractivity contribution in [1.82, 2.24) is 0 Å². The van der Waals surface area contributed by atoms with Crippen molar-refractivity contribution in [1.29, 1.82) is 0 Å². The van der Waals surface area contributed by atoms with Gasteiger partial charge in [0, 0.05) is 25.7 Å². The summed E-state index contributed by atoms with van der Waals surface area (Å²) in [5.74, 6) is 1.00. The molecule has 17 nitrogen and oxygen atoms in total. The van der Waals surface area contributed by atoms with Crippen molar-refractivity contribution in [2.75, 3.05) is 39.6 Å². The first kappa shape index (κ1) is 95.1. The SMILES string of the molecule is CCC(C)CCCCCCCCCCCCC(=O)O[C@H](COC(=O)CCCCCCCCCCCCC(C)C)COP(=O)(O)OC[C@H](O)COP(=O)(O)OC[C@@H](COC(=O)CCCCCCCCCCCCCCC(C)C)OC(=O)CCCCCCCCCCCCCCC(C)C. The molecule has 0 aromatic carbocycles. The summed E-state index contributed by atoms with van der Waals surface area (Å²) in [6.45, 7) is 14.3. The van der Waals surface area contributed by atoms with Crippen molar-refractivity contribution in [3.05, 3.63) is 0 Å². The van der Waals surface area contributed by atoms with Crippen molar-refractivity contribution >= 4 is 39.5 Å². The van der Waals surface area contributed by atoms with Gasteiger partial charge in [-0.25, -0.2) is 9.13 Å². The Morgan fingerprint density at radius 1 is 0.289 bits per heavy atom. The van der Waals surface area contributed by atoms with Crippen molar-refractivity contribution in [2.45, 2.75) is 414 Å². The second kappa shape index (κ2) is 67.2. The number of phosphoric acid groups is 2. The van der Waals surface area contributed by atoms with Crippen LogP contribution in [0.3, 0.4) is 0 Å².